The van der Waals surface area contributed by atoms with Crippen molar-refractivity contribution in [3.05, 3.63) is 35.4 Å². The molecular formula is C15H23NO3S. The van der Waals surface area contributed by atoms with Gasteiger partial charge in [0.2, 0.25) is 0 Å². The maximum atomic E-state index is 11.9. The minimum atomic E-state index is -3.21. The summed E-state index contributed by atoms with van der Waals surface area (Å²) in [4.78, 5) is 0. The monoisotopic (exact) mass is 297 g/mol. The van der Waals surface area contributed by atoms with Gasteiger partial charge in [-0.1, -0.05) is 24.3 Å². The first-order valence-corrected chi connectivity index (χ1v) is 8.77. The highest BCUT2D eigenvalue weighted by molar-refractivity contribution is 7.92. The lowest BCUT2D eigenvalue weighted by Gasteiger charge is -2.34. The van der Waals surface area contributed by atoms with Crippen molar-refractivity contribution in [1.29, 1.82) is 0 Å². The fourth-order valence-electron chi connectivity index (χ4n) is 2.46. The zero-order valence-electron chi connectivity index (χ0n) is 12.3. The molecule has 0 fully saturated rings. The van der Waals surface area contributed by atoms with E-state index in [-0.39, 0.29) is 6.10 Å². The average molecular weight is 297 g/mol. The van der Waals surface area contributed by atoms with Crippen LogP contribution < -0.4 is 5.73 Å². The minimum Gasteiger partial charge on any atom is -0.373 e. The van der Waals surface area contributed by atoms with Crippen molar-refractivity contribution in [3.8, 4) is 0 Å². The summed E-state index contributed by atoms with van der Waals surface area (Å²) in [5, 5.41) is 0. The summed E-state index contributed by atoms with van der Waals surface area (Å²) in [6, 6.07) is 7.67. The fraction of sp³-hybridized carbons (Fsp3) is 0.600. The van der Waals surface area contributed by atoms with Gasteiger partial charge in [0.1, 0.15) is 0 Å². The van der Waals surface area contributed by atoms with Gasteiger partial charge in [-0.3, -0.25) is 0 Å². The van der Waals surface area contributed by atoms with Crippen molar-refractivity contribution >= 4 is 9.84 Å². The Morgan fingerprint density at radius 1 is 1.40 bits per heavy atom. The van der Waals surface area contributed by atoms with E-state index in [2.05, 4.69) is 6.07 Å². The third-order valence-electron chi connectivity index (χ3n) is 4.41. The highest BCUT2D eigenvalue weighted by atomic mass is 32.2. The highest BCUT2D eigenvalue weighted by Crippen LogP contribution is 2.33. The molecule has 4 nitrogen and oxygen atoms in total. The third kappa shape index (κ3) is 2.90. The number of hydrogen-bond donors (Lipinski definition) is 1. The van der Waals surface area contributed by atoms with Crippen LogP contribution >= 0.6 is 0 Å². The molecule has 0 radical (unpaired) electrons. The predicted molar refractivity (Wildman–Crippen MR) is 80.4 cm³/mol. The average Bonchev–Trinajstić information content (AvgIpc) is 2.37. The number of hydrogen-bond acceptors (Lipinski definition) is 4. The molecule has 20 heavy (non-hydrogen) atoms. The topological polar surface area (TPSA) is 69.4 Å². The summed E-state index contributed by atoms with van der Waals surface area (Å²) in [6.07, 6.45) is 2.53. The molecule has 0 aromatic heterocycles. The van der Waals surface area contributed by atoms with Gasteiger partial charge >= 0.3 is 0 Å². The van der Waals surface area contributed by atoms with Crippen LogP contribution in [-0.2, 0) is 21.0 Å². The van der Waals surface area contributed by atoms with Gasteiger partial charge in [0.15, 0.2) is 9.84 Å². The Balaban J connectivity index is 2.20. The SMILES string of the molecule is CC(C)(C(N)CC1OCCc2ccccc21)S(C)(=O)=O. The molecule has 0 aliphatic carbocycles. The highest BCUT2D eigenvalue weighted by Gasteiger charge is 2.38. The van der Waals surface area contributed by atoms with Crippen molar-refractivity contribution in [1.82, 2.24) is 0 Å². The lowest BCUT2D eigenvalue weighted by atomic mass is 9.90. The third-order valence-corrected chi connectivity index (χ3v) is 6.62. The lowest BCUT2D eigenvalue weighted by molar-refractivity contribution is 0.0300. The molecule has 0 saturated carbocycles. The molecule has 112 valence electrons. The molecule has 2 N–H and O–H groups in total. The fourth-order valence-corrected chi connectivity index (χ4v) is 3.11. The summed E-state index contributed by atoms with van der Waals surface area (Å²) >= 11 is 0. The van der Waals surface area contributed by atoms with Gasteiger partial charge in [0.25, 0.3) is 0 Å². The van der Waals surface area contributed by atoms with Crippen LogP contribution in [0.5, 0.6) is 0 Å². The van der Waals surface area contributed by atoms with Gasteiger partial charge in [0, 0.05) is 12.3 Å². The molecule has 0 amide bonds. The molecule has 1 aromatic carbocycles. The van der Waals surface area contributed by atoms with E-state index < -0.39 is 20.6 Å². The normalized spacial score (nSPS) is 21.3. The largest absolute Gasteiger partial charge is 0.373 e. The molecule has 1 aliphatic heterocycles. The van der Waals surface area contributed by atoms with Crippen molar-refractivity contribution in [3.63, 3.8) is 0 Å². The van der Waals surface area contributed by atoms with E-state index in [1.807, 2.05) is 18.2 Å². The first kappa shape index (κ1) is 15.5. The molecule has 1 heterocycles. The predicted octanol–water partition coefficient (Wildman–Crippen LogP) is 1.84. The van der Waals surface area contributed by atoms with E-state index in [0.29, 0.717) is 13.0 Å². The molecule has 0 bridgehead atoms. The molecule has 2 unspecified atom stereocenters. The van der Waals surface area contributed by atoms with Gasteiger partial charge in [0.05, 0.1) is 17.5 Å². The summed E-state index contributed by atoms with van der Waals surface area (Å²) in [5.41, 5.74) is 8.58. The van der Waals surface area contributed by atoms with Gasteiger partial charge < -0.3 is 10.5 Å². The van der Waals surface area contributed by atoms with Crippen LogP contribution in [0, 0.1) is 0 Å². The van der Waals surface area contributed by atoms with E-state index in [1.54, 1.807) is 13.8 Å². The van der Waals surface area contributed by atoms with Crippen molar-refractivity contribution < 1.29 is 13.2 Å². The summed E-state index contributed by atoms with van der Waals surface area (Å²) in [7, 11) is -3.21. The van der Waals surface area contributed by atoms with Crippen LogP contribution in [0.4, 0.5) is 0 Å². The molecule has 1 aliphatic rings. The zero-order chi connectivity index (χ0) is 15.0. The minimum absolute atomic E-state index is 0.115. The maximum Gasteiger partial charge on any atom is 0.154 e. The van der Waals surface area contributed by atoms with E-state index in [0.717, 1.165) is 12.0 Å². The summed E-state index contributed by atoms with van der Waals surface area (Å²) < 4.78 is 28.6. The van der Waals surface area contributed by atoms with Gasteiger partial charge in [-0.05, 0) is 37.8 Å². The molecule has 1 aromatic rings. The van der Waals surface area contributed by atoms with Gasteiger partial charge in [-0.2, -0.15) is 0 Å². The number of fused-ring (bicyclic) bond motifs is 1. The first-order chi connectivity index (χ1) is 9.23. The van der Waals surface area contributed by atoms with Gasteiger partial charge in [-0.15, -0.1) is 0 Å². The number of rotatable bonds is 4. The van der Waals surface area contributed by atoms with Crippen LogP contribution in [0.3, 0.4) is 0 Å². The van der Waals surface area contributed by atoms with Crippen molar-refractivity contribution in [2.45, 2.75) is 43.6 Å². The number of nitrogens with two attached hydrogens (primary N) is 1. The summed E-state index contributed by atoms with van der Waals surface area (Å²) in [6.45, 7) is 4.02. The molecule has 2 rings (SSSR count). The van der Waals surface area contributed by atoms with Crippen LogP contribution in [0.15, 0.2) is 24.3 Å². The molecule has 0 spiro atoms. The Labute approximate surface area is 121 Å². The van der Waals surface area contributed by atoms with E-state index in [1.165, 1.54) is 11.8 Å². The zero-order valence-corrected chi connectivity index (χ0v) is 13.1. The van der Waals surface area contributed by atoms with Crippen LogP contribution in [0.1, 0.15) is 37.5 Å². The Hall–Kier alpha value is -0.910. The van der Waals surface area contributed by atoms with E-state index in [4.69, 9.17) is 10.5 Å². The first-order valence-electron chi connectivity index (χ1n) is 6.88. The van der Waals surface area contributed by atoms with Crippen LogP contribution in [0.2, 0.25) is 0 Å². The second kappa shape index (κ2) is 5.47. The number of benzene rings is 1. The lowest BCUT2D eigenvalue weighted by Crippen LogP contribution is -2.49. The Kier molecular flexibility index (Phi) is 4.23. The standard InChI is InChI=1S/C15H23NO3S/c1-15(2,20(3,17)18)14(16)10-13-12-7-5-4-6-11(12)8-9-19-13/h4-7,13-14H,8-10,16H2,1-3H3. The van der Waals surface area contributed by atoms with E-state index in [9.17, 15) is 8.42 Å². The number of ether oxygens (including phenoxy) is 1. The van der Waals surface area contributed by atoms with Crippen LogP contribution in [-0.4, -0.2) is 32.1 Å². The second-order valence-electron chi connectivity index (χ2n) is 6.03. The molecule has 5 heteroatoms. The van der Waals surface area contributed by atoms with Crippen molar-refractivity contribution in [2.75, 3.05) is 12.9 Å². The Morgan fingerprint density at radius 2 is 2.05 bits per heavy atom. The Bertz CT molecular complexity index is 581. The second-order valence-corrected chi connectivity index (χ2v) is 8.62. The van der Waals surface area contributed by atoms with E-state index >= 15 is 0 Å². The molecule has 2 atom stereocenters. The van der Waals surface area contributed by atoms with Crippen LogP contribution in [0.25, 0.3) is 0 Å². The summed E-state index contributed by atoms with van der Waals surface area (Å²) in [5.74, 6) is 0. The quantitative estimate of drug-likeness (QED) is 0.920. The van der Waals surface area contributed by atoms with Gasteiger partial charge in [-0.25, -0.2) is 8.42 Å². The number of sulfone groups is 1. The molecule has 0 saturated heterocycles. The molecular weight excluding hydrogens is 274 g/mol. The smallest absolute Gasteiger partial charge is 0.154 e. The maximum absolute atomic E-state index is 11.9. The van der Waals surface area contributed by atoms with Crippen molar-refractivity contribution in [2.24, 2.45) is 5.73 Å². The Morgan fingerprint density at radius 3 is 2.70 bits per heavy atom.